The monoisotopic (exact) mass is 568 g/mol. The maximum atomic E-state index is 13.0. The molecule has 0 radical (unpaired) electrons. The summed E-state index contributed by atoms with van der Waals surface area (Å²) in [5, 5.41) is 20.3. The van der Waals surface area contributed by atoms with Crippen LogP contribution in [0, 0.1) is 0 Å². The first kappa shape index (κ1) is 27.3. The first-order valence-electron chi connectivity index (χ1n) is 10.8. The topological polar surface area (TPSA) is 163 Å². The standard InChI is InChI=1S/C21H23Cl2N8O5P/c1-12(14(4-32)30-10-28-16-18(22)24-8-26-20(16)30)6-35-37(3,34)36-7-13(2)15(5-33)31-11-29-17-19(23)25-9-27-21(17)31/h8-11,14-15,32-33H,1-2,4-7H2,3H3. The minimum Gasteiger partial charge on any atom is -0.394 e. The fourth-order valence-corrected chi connectivity index (χ4v) is 4.79. The van der Waals surface area contributed by atoms with E-state index in [1.807, 2.05) is 0 Å². The molecule has 0 aromatic carbocycles. The van der Waals surface area contributed by atoms with Crippen LogP contribution in [0.1, 0.15) is 12.1 Å². The number of nitrogens with zero attached hydrogens (tertiary/aromatic N) is 8. The second kappa shape index (κ2) is 11.3. The van der Waals surface area contributed by atoms with Gasteiger partial charge in [0, 0.05) is 6.66 Å². The van der Waals surface area contributed by atoms with Gasteiger partial charge >= 0.3 is 7.60 Å². The Morgan fingerprint density at radius 2 is 1.27 bits per heavy atom. The molecule has 2 atom stereocenters. The van der Waals surface area contributed by atoms with Crippen LogP contribution >= 0.6 is 30.8 Å². The molecule has 4 heterocycles. The van der Waals surface area contributed by atoms with Crippen LogP contribution in [0.3, 0.4) is 0 Å². The van der Waals surface area contributed by atoms with Crippen LogP contribution in [0.15, 0.2) is 49.6 Å². The van der Waals surface area contributed by atoms with E-state index in [1.54, 1.807) is 9.13 Å². The van der Waals surface area contributed by atoms with Gasteiger partial charge < -0.3 is 28.4 Å². The van der Waals surface area contributed by atoms with Crippen LogP contribution < -0.4 is 0 Å². The van der Waals surface area contributed by atoms with Crippen LogP contribution in [-0.2, 0) is 13.6 Å². The first-order chi connectivity index (χ1) is 17.7. The van der Waals surface area contributed by atoms with Crippen molar-refractivity contribution in [3.8, 4) is 0 Å². The highest BCUT2D eigenvalue weighted by molar-refractivity contribution is 7.52. The van der Waals surface area contributed by atoms with E-state index in [1.165, 1.54) is 32.0 Å². The summed E-state index contributed by atoms with van der Waals surface area (Å²) >= 11 is 12.1. The Kier molecular flexibility index (Phi) is 8.34. The van der Waals surface area contributed by atoms with E-state index in [0.717, 1.165) is 0 Å². The molecule has 0 aliphatic rings. The van der Waals surface area contributed by atoms with Gasteiger partial charge in [-0.2, -0.15) is 0 Å². The van der Waals surface area contributed by atoms with Gasteiger partial charge in [-0.1, -0.05) is 36.4 Å². The quantitative estimate of drug-likeness (QED) is 0.146. The van der Waals surface area contributed by atoms with Crippen molar-refractivity contribution in [1.29, 1.82) is 0 Å². The number of halogens is 2. The Bertz CT molecular complexity index is 1400. The highest BCUT2D eigenvalue weighted by Gasteiger charge is 2.25. The number of imidazole rings is 2. The van der Waals surface area contributed by atoms with E-state index in [2.05, 4.69) is 43.1 Å². The number of aliphatic hydroxyl groups is 2. The molecule has 0 saturated carbocycles. The molecule has 2 unspecified atom stereocenters. The lowest BCUT2D eigenvalue weighted by molar-refractivity contribution is 0.201. The van der Waals surface area contributed by atoms with Crippen LogP contribution in [0.25, 0.3) is 22.3 Å². The molecule has 4 aromatic heterocycles. The van der Waals surface area contributed by atoms with E-state index in [4.69, 9.17) is 32.2 Å². The molecule has 0 fully saturated rings. The summed E-state index contributed by atoms with van der Waals surface area (Å²) < 4.78 is 27.2. The average molecular weight is 569 g/mol. The van der Waals surface area contributed by atoms with Gasteiger partial charge in [0.1, 0.15) is 23.7 Å². The largest absolute Gasteiger partial charge is 0.394 e. The molecule has 37 heavy (non-hydrogen) atoms. The van der Waals surface area contributed by atoms with E-state index >= 15 is 0 Å². The lowest BCUT2D eigenvalue weighted by Crippen LogP contribution is -2.19. The average Bonchev–Trinajstić information content (AvgIpc) is 3.50. The van der Waals surface area contributed by atoms with Crippen LogP contribution in [0.4, 0.5) is 0 Å². The second-order valence-electron chi connectivity index (χ2n) is 8.01. The number of hydrogen-bond donors (Lipinski definition) is 2. The Morgan fingerprint density at radius 1 is 0.865 bits per heavy atom. The summed E-state index contributed by atoms with van der Waals surface area (Å²) in [7, 11) is -3.59. The van der Waals surface area contributed by atoms with Crippen LogP contribution in [0.2, 0.25) is 10.3 Å². The van der Waals surface area contributed by atoms with Gasteiger partial charge in [-0.05, 0) is 11.1 Å². The van der Waals surface area contributed by atoms with Crippen molar-refractivity contribution >= 4 is 53.1 Å². The molecule has 196 valence electrons. The predicted octanol–water partition coefficient (Wildman–Crippen LogP) is 3.01. The molecule has 4 rings (SSSR count). The third-order valence-electron chi connectivity index (χ3n) is 5.56. The Morgan fingerprint density at radius 3 is 1.65 bits per heavy atom. The molecule has 0 spiro atoms. The zero-order valence-electron chi connectivity index (χ0n) is 19.6. The molecule has 4 aromatic rings. The van der Waals surface area contributed by atoms with Gasteiger partial charge in [0.15, 0.2) is 21.6 Å². The van der Waals surface area contributed by atoms with Crippen molar-refractivity contribution in [3.63, 3.8) is 0 Å². The van der Waals surface area contributed by atoms with Crippen LogP contribution in [0.5, 0.6) is 0 Å². The van der Waals surface area contributed by atoms with Gasteiger partial charge in [-0.25, -0.2) is 29.9 Å². The molecule has 13 nitrogen and oxygen atoms in total. The second-order valence-corrected chi connectivity index (χ2v) is 10.8. The normalized spacial score (nSPS) is 15.1. The number of aromatic nitrogens is 8. The maximum Gasteiger partial charge on any atom is 0.328 e. The highest BCUT2D eigenvalue weighted by atomic mass is 35.5. The van der Waals surface area contributed by atoms with Crippen molar-refractivity contribution in [2.24, 2.45) is 0 Å². The zero-order valence-corrected chi connectivity index (χ0v) is 22.0. The van der Waals surface area contributed by atoms with Crippen molar-refractivity contribution in [1.82, 2.24) is 39.0 Å². The van der Waals surface area contributed by atoms with Gasteiger partial charge in [0.05, 0.1) is 51.2 Å². The lowest BCUT2D eigenvalue weighted by Gasteiger charge is -2.23. The minimum absolute atomic E-state index is 0.175. The Hall–Kier alpha value is -2.77. The molecular weight excluding hydrogens is 546 g/mol. The molecule has 0 aliphatic heterocycles. The molecule has 0 bridgehead atoms. The van der Waals surface area contributed by atoms with E-state index in [0.29, 0.717) is 33.5 Å². The SMILES string of the molecule is C=C(COP(C)(=O)OCC(=C)C(CO)n1cnc2c(Cl)ncnc21)C(CO)n1cnc2c(Cl)ncnc21. The van der Waals surface area contributed by atoms with Crippen molar-refractivity contribution in [2.75, 3.05) is 33.1 Å². The highest BCUT2D eigenvalue weighted by Crippen LogP contribution is 2.45. The smallest absolute Gasteiger partial charge is 0.328 e. The minimum atomic E-state index is -3.59. The summed E-state index contributed by atoms with van der Waals surface area (Å²) in [4.78, 5) is 24.4. The predicted molar refractivity (Wildman–Crippen MR) is 137 cm³/mol. The Labute approximate surface area is 221 Å². The van der Waals surface area contributed by atoms with Crippen LogP contribution in [-0.4, -0.2) is 82.3 Å². The van der Waals surface area contributed by atoms with Gasteiger partial charge in [0.2, 0.25) is 0 Å². The number of hydrogen-bond acceptors (Lipinski definition) is 11. The molecule has 2 N–H and O–H groups in total. The summed E-state index contributed by atoms with van der Waals surface area (Å²) in [6.45, 7) is 8.15. The Balaban J connectivity index is 1.39. The van der Waals surface area contributed by atoms with E-state index in [-0.39, 0.29) is 36.7 Å². The molecule has 0 amide bonds. The van der Waals surface area contributed by atoms with Crippen molar-refractivity contribution in [2.45, 2.75) is 12.1 Å². The molecule has 0 aliphatic carbocycles. The van der Waals surface area contributed by atoms with Crippen molar-refractivity contribution < 1.29 is 23.8 Å². The van der Waals surface area contributed by atoms with Gasteiger partial charge in [-0.15, -0.1) is 0 Å². The third-order valence-corrected chi connectivity index (χ3v) is 7.31. The first-order valence-corrected chi connectivity index (χ1v) is 13.5. The van der Waals surface area contributed by atoms with E-state index in [9.17, 15) is 14.8 Å². The van der Waals surface area contributed by atoms with E-state index < -0.39 is 19.7 Å². The summed E-state index contributed by atoms with van der Waals surface area (Å²) in [6, 6.07) is -1.35. The zero-order chi connectivity index (χ0) is 26.7. The van der Waals surface area contributed by atoms with Gasteiger partial charge in [-0.3, -0.25) is 4.57 Å². The van der Waals surface area contributed by atoms with Crippen molar-refractivity contribution in [3.05, 3.63) is 59.9 Å². The number of aliphatic hydroxyl groups excluding tert-OH is 2. The third kappa shape index (κ3) is 5.73. The summed E-state index contributed by atoms with van der Waals surface area (Å²) in [5.74, 6) is 0. The number of fused-ring (bicyclic) bond motifs is 2. The number of rotatable bonds is 12. The molecule has 0 saturated heterocycles. The lowest BCUT2D eigenvalue weighted by atomic mass is 10.1. The molecular formula is C21H23Cl2N8O5P. The maximum absolute atomic E-state index is 13.0. The summed E-state index contributed by atoms with van der Waals surface area (Å²) in [6.07, 6.45) is 5.48. The van der Waals surface area contributed by atoms with Gasteiger partial charge in [0.25, 0.3) is 0 Å². The molecule has 16 heteroatoms. The summed E-state index contributed by atoms with van der Waals surface area (Å²) in [5.41, 5.74) is 2.35. The fraction of sp³-hybridized carbons (Fsp3) is 0.333. The fourth-order valence-electron chi connectivity index (χ4n) is 3.56.